The smallest absolute Gasteiger partial charge is 1.00 e. The minimum atomic E-state index is 0. The molecule has 0 saturated heterocycles. The molecule has 4 rings (SSSR count). The molecule has 0 amide bonds. The third kappa shape index (κ3) is 4.39. The first-order valence-electron chi connectivity index (χ1n) is 7.77. The Morgan fingerprint density at radius 3 is 2.42 bits per heavy atom. The van der Waals surface area contributed by atoms with Crippen LogP contribution in [0.25, 0.3) is 27.1 Å². The van der Waals surface area contributed by atoms with Crippen molar-refractivity contribution in [3.05, 3.63) is 72.3 Å². The van der Waals surface area contributed by atoms with Crippen LogP contribution in [0.4, 0.5) is 0 Å². The zero-order valence-electron chi connectivity index (χ0n) is 13.6. The number of halogens is 2. The van der Waals surface area contributed by atoms with Gasteiger partial charge in [-0.2, -0.15) is 0 Å². The monoisotopic (exact) mass is 431 g/mol. The molecule has 0 aromatic heterocycles. The summed E-state index contributed by atoms with van der Waals surface area (Å²) >= 11 is 1.54. The molecule has 0 bridgehead atoms. The zero-order valence-corrected chi connectivity index (χ0v) is 17.6. The van der Waals surface area contributed by atoms with E-state index in [1.54, 1.807) is 24.2 Å². The van der Waals surface area contributed by atoms with Crippen molar-refractivity contribution < 1.29 is 49.0 Å². The fourth-order valence-electron chi connectivity index (χ4n) is 2.91. The molecule has 0 N–H and O–H groups in total. The Labute approximate surface area is 171 Å². The van der Waals surface area contributed by atoms with Gasteiger partial charge in [-0.15, -0.1) is 33.7 Å². The van der Waals surface area contributed by atoms with E-state index in [4.69, 9.17) is 0 Å². The van der Waals surface area contributed by atoms with Crippen LogP contribution in [0.1, 0.15) is 25.3 Å². The summed E-state index contributed by atoms with van der Waals surface area (Å²) in [6.07, 6.45) is 8.89. The second kappa shape index (κ2) is 10.2. The van der Waals surface area contributed by atoms with E-state index in [1.807, 2.05) is 0 Å². The topological polar surface area (TPSA) is 0 Å². The Bertz CT molecular complexity index is 872. The van der Waals surface area contributed by atoms with Crippen LogP contribution in [0.15, 0.2) is 66.8 Å². The van der Waals surface area contributed by atoms with Crippen LogP contribution in [-0.2, 0) is 24.2 Å². The van der Waals surface area contributed by atoms with Gasteiger partial charge in [0.2, 0.25) is 0 Å². The maximum atomic E-state index is 2.32. The molecule has 1 aliphatic rings. The number of hydrogen-bond donors (Lipinski definition) is 0. The molecule has 122 valence electrons. The molecule has 0 heterocycles. The van der Waals surface area contributed by atoms with Crippen LogP contribution in [0.5, 0.6) is 0 Å². The van der Waals surface area contributed by atoms with E-state index in [2.05, 4.69) is 77.4 Å². The van der Waals surface area contributed by atoms with Crippen LogP contribution in [0, 0.1) is 0 Å². The minimum Gasteiger partial charge on any atom is -1.00 e. The quantitative estimate of drug-likeness (QED) is 0.492. The first-order chi connectivity index (χ1) is 10.8. The molecule has 3 aromatic rings. The summed E-state index contributed by atoms with van der Waals surface area (Å²) < 4.78 is 2.22. The molecule has 0 unspecified atom stereocenters. The molecule has 24 heavy (non-hydrogen) atoms. The molecule has 0 radical (unpaired) electrons. The number of hydrogen-bond acceptors (Lipinski definition) is 0. The second-order valence-electron chi connectivity index (χ2n) is 5.43. The number of allylic oxidation sites excluding steroid dienone is 4. The van der Waals surface area contributed by atoms with Gasteiger partial charge < -0.3 is 24.8 Å². The van der Waals surface area contributed by atoms with Gasteiger partial charge >= 0.3 is 41.3 Å². The molecule has 0 spiro atoms. The normalized spacial score (nSPS) is 12.0. The third-order valence-corrected chi connectivity index (χ3v) is 4.98. The van der Waals surface area contributed by atoms with Crippen molar-refractivity contribution in [2.45, 2.75) is 19.8 Å². The molecule has 0 aliphatic heterocycles. The van der Waals surface area contributed by atoms with Crippen molar-refractivity contribution in [1.82, 2.24) is 0 Å². The van der Waals surface area contributed by atoms with E-state index in [-0.39, 0.29) is 24.8 Å². The Hall–Kier alpha value is -0.877. The SMILES string of the molecule is C1=CCC(c2cccc3c2[cH-]c2ccccc23)=C1.CC[CH]=[Zr+2].[Cl-].[Cl-]. The van der Waals surface area contributed by atoms with Gasteiger partial charge in [-0.05, 0) is 6.42 Å². The summed E-state index contributed by atoms with van der Waals surface area (Å²) in [5.74, 6) is 0. The van der Waals surface area contributed by atoms with E-state index >= 15 is 0 Å². The maximum Gasteiger partial charge on any atom is -1.00 e. The Balaban J connectivity index is 0.000000438. The first-order valence-corrected chi connectivity index (χ1v) is 9.19. The molecule has 1 aliphatic carbocycles. The van der Waals surface area contributed by atoms with Gasteiger partial charge in [0.25, 0.3) is 0 Å². The molecular weight excluding hydrogens is 414 g/mol. The molecular formula is C21H19Cl2Zr-. The fraction of sp³-hybridized carbons (Fsp3) is 0.143. The predicted molar refractivity (Wildman–Crippen MR) is 95.1 cm³/mol. The number of benzene rings is 2. The van der Waals surface area contributed by atoms with Crippen molar-refractivity contribution in [3.63, 3.8) is 0 Å². The van der Waals surface area contributed by atoms with Gasteiger partial charge in [0, 0.05) is 0 Å². The van der Waals surface area contributed by atoms with Gasteiger partial charge in [-0.3, -0.25) is 0 Å². The van der Waals surface area contributed by atoms with E-state index in [1.165, 1.54) is 39.1 Å². The Morgan fingerprint density at radius 1 is 1.04 bits per heavy atom. The van der Waals surface area contributed by atoms with Gasteiger partial charge in [-0.1, -0.05) is 65.8 Å². The molecule has 0 fully saturated rings. The average molecular weight is 434 g/mol. The van der Waals surface area contributed by atoms with Gasteiger partial charge in [-0.25, -0.2) is 0 Å². The third-order valence-electron chi connectivity index (χ3n) is 3.98. The van der Waals surface area contributed by atoms with Crippen molar-refractivity contribution in [1.29, 1.82) is 0 Å². The predicted octanol–water partition coefficient (Wildman–Crippen LogP) is -0.191. The van der Waals surface area contributed by atoms with Gasteiger partial charge in [0.1, 0.15) is 0 Å². The van der Waals surface area contributed by atoms with Gasteiger partial charge in [0.05, 0.1) is 0 Å². The van der Waals surface area contributed by atoms with E-state index in [0.717, 1.165) is 6.42 Å². The molecule has 0 nitrogen and oxygen atoms in total. The summed E-state index contributed by atoms with van der Waals surface area (Å²) in [6.45, 7) is 2.15. The second-order valence-corrected chi connectivity index (χ2v) is 6.44. The fourth-order valence-corrected chi connectivity index (χ4v) is 2.91. The number of rotatable bonds is 2. The Kier molecular flexibility index (Phi) is 8.99. The largest absolute Gasteiger partial charge is 1.00 e. The van der Waals surface area contributed by atoms with Crippen molar-refractivity contribution >= 4 is 30.8 Å². The number of fused-ring (bicyclic) bond motifs is 3. The standard InChI is InChI=1S/C18H13.C3H6.2ClH.Zr/c1-2-7-13(6-1)15-10-5-11-17-16-9-4-3-8-14(16)12-18(15)17;1-3-2;;;/h1-6,8-12H,7H2;1H,3H2,2H3;2*1H;/q-1;;;;+2/p-2. The minimum absolute atomic E-state index is 0. The van der Waals surface area contributed by atoms with Crippen LogP contribution in [-0.4, -0.2) is 3.71 Å². The van der Waals surface area contributed by atoms with E-state index in [9.17, 15) is 0 Å². The first kappa shape index (κ1) is 21.2. The van der Waals surface area contributed by atoms with E-state index in [0.29, 0.717) is 0 Å². The molecule has 0 saturated carbocycles. The average Bonchev–Trinajstić information content (AvgIpc) is 3.22. The van der Waals surface area contributed by atoms with Crippen molar-refractivity contribution in [2.24, 2.45) is 0 Å². The molecule has 3 aromatic carbocycles. The summed E-state index contributed by atoms with van der Waals surface area (Å²) in [7, 11) is 0. The Morgan fingerprint density at radius 2 is 1.75 bits per heavy atom. The molecule has 3 heteroatoms. The van der Waals surface area contributed by atoms with Crippen LogP contribution >= 0.6 is 0 Å². The van der Waals surface area contributed by atoms with Crippen LogP contribution in [0.2, 0.25) is 0 Å². The summed E-state index contributed by atoms with van der Waals surface area (Å²) in [5.41, 5.74) is 2.81. The summed E-state index contributed by atoms with van der Waals surface area (Å²) in [6, 6.07) is 17.6. The summed E-state index contributed by atoms with van der Waals surface area (Å²) in [5, 5.41) is 5.46. The van der Waals surface area contributed by atoms with Gasteiger partial charge in [0.15, 0.2) is 0 Å². The van der Waals surface area contributed by atoms with Crippen LogP contribution < -0.4 is 24.8 Å². The van der Waals surface area contributed by atoms with Crippen molar-refractivity contribution in [2.75, 3.05) is 0 Å². The summed E-state index contributed by atoms with van der Waals surface area (Å²) in [4.78, 5) is 0. The van der Waals surface area contributed by atoms with E-state index < -0.39 is 0 Å². The van der Waals surface area contributed by atoms with Crippen LogP contribution in [0.3, 0.4) is 0 Å². The molecule has 0 atom stereocenters. The van der Waals surface area contributed by atoms with Crippen molar-refractivity contribution in [3.8, 4) is 0 Å². The maximum absolute atomic E-state index is 2.32. The zero-order chi connectivity index (χ0) is 15.4.